The van der Waals surface area contributed by atoms with E-state index in [9.17, 15) is 0 Å². The third-order valence-electron chi connectivity index (χ3n) is 2.96. The Morgan fingerprint density at radius 1 is 1.56 bits per heavy atom. The van der Waals surface area contributed by atoms with E-state index in [1.807, 2.05) is 36.0 Å². The molecule has 0 saturated carbocycles. The normalized spacial score (nSPS) is 24.0. The van der Waals surface area contributed by atoms with Gasteiger partial charge < -0.3 is 5.32 Å². The molecule has 1 aliphatic rings. The van der Waals surface area contributed by atoms with Crippen LogP contribution in [0.3, 0.4) is 0 Å². The Balaban J connectivity index is 1.96. The average Bonchev–Trinajstić information content (AvgIpc) is 2.75. The van der Waals surface area contributed by atoms with Crippen LogP contribution in [-0.2, 0) is 0 Å². The van der Waals surface area contributed by atoms with E-state index in [0.717, 1.165) is 12.2 Å². The van der Waals surface area contributed by atoms with Crippen molar-refractivity contribution < 1.29 is 0 Å². The highest BCUT2D eigenvalue weighted by atomic mass is 32.2. The SMILES string of the molecule is CC1(CNc2cccc(C#N)c2)CCCS1. The van der Waals surface area contributed by atoms with E-state index in [1.165, 1.54) is 18.6 Å². The number of nitrogens with one attached hydrogen (secondary N) is 1. The van der Waals surface area contributed by atoms with Gasteiger partial charge in [0.15, 0.2) is 0 Å². The Morgan fingerprint density at radius 3 is 3.12 bits per heavy atom. The molecule has 1 aromatic carbocycles. The first-order valence-electron chi connectivity index (χ1n) is 5.60. The predicted molar refractivity (Wildman–Crippen MR) is 69.7 cm³/mol. The Bertz CT molecular complexity index is 403. The number of anilines is 1. The van der Waals surface area contributed by atoms with E-state index in [1.54, 1.807) is 0 Å². The van der Waals surface area contributed by atoms with Crippen molar-refractivity contribution >= 4 is 17.4 Å². The fraction of sp³-hybridized carbons (Fsp3) is 0.462. The lowest BCUT2D eigenvalue weighted by Gasteiger charge is -2.23. The van der Waals surface area contributed by atoms with Crippen LogP contribution < -0.4 is 5.32 Å². The van der Waals surface area contributed by atoms with Crippen LogP contribution in [0.2, 0.25) is 0 Å². The molecule has 1 N–H and O–H groups in total. The second-order valence-electron chi connectivity index (χ2n) is 4.45. The molecule has 1 aromatic rings. The Morgan fingerprint density at radius 2 is 2.44 bits per heavy atom. The molecular weight excluding hydrogens is 216 g/mol. The van der Waals surface area contributed by atoms with Gasteiger partial charge in [-0.3, -0.25) is 0 Å². The van der Waals surface area contributed by atoms with E-state index >= 15 is 0 Å². The maximum absolute atomic E-state index is 8.81. The first kappa shape index (κ1) is 11.3. The molecule has 1 saturated heterocycles. The summed E-state index contributed by atoms with van der Waals surface area (Å²) >= 11 is 2.05. The molecule has 0 bridgehead atoms. The molecule has 1 aliphatic heterocycles. The van der Waals surface area contributed by atoms with Gasteiger partial charge in [0.25, 0.3) is 0 Å². The van der Waals surface area contributed by atoms with E-state index in [-0.39, 0.29) is 0 Å². The maximum Gasteiger partial charge on any atom is 0.0992 e. The number of benzene rings is 1. The van der Waals surface area contributed by atoms with Crippen LogP contribution in [0.4, 0.5) is 5.69 Å². The second kappa shape index (κ2) is 4.80. The average molecular weight is 232 g/mol. The van der Waals surface area contributed by atoms with Gasteiger partial charge in [0.05, 0.1) is 11.6 Å². The molecule has 84 valence electrons. The van der Waals surface area contributed by atoms with Crippen molar-refractivity contribution in [3.05, 3.63) is 29.8 Å². The molecule has 0 aliphatic carbocycles. The number of hydrogen-bond acceptors (Lipinski definition) is 3. The molecule has 1 atom stereocenters. The minimum Gasteiger partial charge on any atom is -0.384 e. The number of nitriles is 1. The number of hydrogen-bond donors (Lipinski definition) is 1. The molecule has 0 aromatic heterocycles. The highest BCUT2D eigenvalue weighted by Crippen LogP contribution is 2.37. The summed E-state index contributed by atoms with van der Waals surface area (Å²) in [7, 11) is 0. The summed E-state index contributed by atoms with van der Waals surface area (Å²) < 4.78 is 0.364. The van der Waals surface area contributed by atoms with Crippen molar-refractivity contribution in [2.75, 3.05) is 17.6 Å². The minimum atomic E-state index is 0.364. The quantitative estimate of drug-likeness (QED) is 0.869. The molecule has 1 fully saturated rings. The molecule has 1 unspecified atom stereocenters. The monoisotopic (exact) mass is 232 g/mol. The summed E-state index contributed by atoms with van der Waals surface area (Å²) in [6.07, 6.45) is 2.60. The standard InChI is InChI=1S/C13H16N2S/c1-13(6-3-7-16-13)10-15-12-5-2-4-11(8-12)9-14/h2,4-5,8,15H,3,6-7,10H2,1H3. The highest BCUT2D eigenvalue weighted by molar-refractivity contribution is 8.00. The lowest BCUT2D eigenvalue weighted by Crippen LogP contribution is -2.26. The first-order chi connectivity index (χ1) is 7.72. The van der Waals surface area contributed by atoms with Crippen molar-refractivity contribution in [2.24, 2.45) is 0 Å². The van der Waals surface area contributed by atoms with Crippen LogP contribution in [-0.4, -0.2) is 17.0 Å². The fourth-order valence-electron chi connectivity index (χ4n) is 1.96. The summed E-state index contributed by atoms with van der Waals surface area (Å²) in [6.45, 7) is 3.29. The summed E-state index contributed by atoms with van der Waals surface area (Å²) in [5.74, 6) is 1.27. The summed E-state index contributed by atoms with van der Waals surface area (Å²) in [5, 5.41) is 12.2. The van der Waals surface area contributed by atoms with Crippen molar-refractivity contribution in [1.29, 1.82) is 5.26 Å². The lowest BCUT2D eigenvalue weighted by molar-refractivity contribution is 0.635. The smallest absolute Gasteiger partial charge is 0.0992 e. The van der Waals surface area contributed by atoms with Gasteiger partial charge in [0, 0.05) is 17.0 Å². The van der Waals surface area contributed by atoms with Crippen LogP contribution >= 0.6 is 11.8 Å². The van der Waals surface area contributed by atoms with Gasteiger partial charge in [0.1, 0.15) is 0 Å². The molecule has 0 amide bonds. The second-order valence-corrected chi connectivity index (χ2v) is 6.13. The third kappa shape index (κ3) is 2.70. The van der Waals surface area contributed by atoms with Crippen molar-refractivity contribution in [3.63, 3.8) is 0 Å². The summed E-state index contributed by atoms with van der Waals surface area (Å²) in [5.41, 5.74) is 1.77. The first-order valence-corrected chi connectivity index (χ1v) is 6.58. The van der Waals surface area contributed by atoms with Crippen LogP contribution in [0.15, 0.2) is 24.3 Å². The molecule has 2 nitrogen and oxygen atoms in total. The predicted octanol–water partition coefficient (Wildman–Crippen LogP) is 3.26. The summed E-state index contributed by atoms with van der Waals surface area (Å²) in [4.78, 5) is 0. The van der Waals surface area contributed by atoms with Gasteiger partial charge in [-0.05, 0) is 43.7 Å². The largest absolute Gasteiger partial charge is 0.384 e. The van der Waals surface area contributed by atoms with Crippen molar-refractivity contribution in [2.45, 2.75) is 24.5 Å². The molecule has 2 rings (SSSR count). The number of thioether (sulfide) groups is 1. The Kier molecular flexibility index (Phi) is 3.40. The molecule has 3 heteroatoms. The van der Waals surface area contributed by atoms with Gasteiger partial charge >= 0.3 is 0 Å². The Labute approximate surface area is 101 Å². The van der Waals surface area contributed by atoms with Gasteiger partial charge in [-0.2, -0.15) is 17.0 Å². The molecular formula is C13H16N2S. The molecule has 16 heavy (non-hydrogen) atoms. The third-order valence-corrected chi connectivity index (χ3v) is 4.50. The molecule has 0 radical (unpaired) electrons. The maximum atomic E-state index is 8.81. The van der Waals surface area contributed by atoms with Crippen LogP contribution in [0.25, 0.3) is 0 Å². The molecule has 0 spiro atoms. The van der Waals surface area contributed by atoms with Crippen molar-refractivity contribution in [1.82, 2.24) is 0 Å². The minimum absolute atomic E-state index is 0.364. The van der Waals surface area contributed by atoms with Gasteiger partial charge in [-0.25, -0.2) is 0 Å². The topological polar surface area (TPSA) is 35.8 Å². The molecule has 1 heterocycles. The zero-order valence-corrected chi connectivity index (χ0v) is 10.3. The van der Waals surface area contributed by atoms with Crippen LogP contribution in [0, 0.1) is 11.3 Å². The zero-order chi connectivity index (χ0) is 11.4. The zero-order valence-electron chi connectivity index (χ0n) is 9.49. The number of rotatable bonds is 3. The van der Waals surface area contributed by atoms with E-state index in [2.05, 4.69) is 18.3 Å². The van der Waals surface area contributed by atoms with E-state index in [0.29, 0.717) is 10.3 Å². The van der Waals surface area contributed by atoms with Crippen LogP contribution in [0.5, 0.6) is 0 Å². The number of nitrogens with zero attached hydrogens (tertiary/aromatic N) is 1. The van der Waals surface area contributed by atoms with E-state index in [4.69, 9.17) is 5.26 Å². The van der Waals surface area contributed by atoms with Gasteiger partial charge in [0.2, 0.25) is 0 Å². The highest BCUT2D eigenvalue weighted by Gasteiger charge is 2.28. The lowest BCUT2D eigenvalue weighted by atomic mass is 10.1. The fourth-order valence-corrected chi connectivity index (χ4v) is 3.21. The van der Waals surface area contributed by atoms with Crippen LogP contribution in [0.1, 0.15) is 25.3 Å². The summed E-state index contributed by atoms with van der Waals surface area (Å²) in [6, 6.07) is 9.84. The van der Waals surface area contributed by atoms with E-state index < -0.39 is 0 Å². The van der Waals surface area contributed by atoms with Gasteiger partial charge in [-0.15, -0.1) is 0 Å². The Hall–Kier alpha value is -1.14. The van der Waals surface area contributed by atoms with Crippen molar-refractivity contribution in [3.8, 4) is 6.07 Å². The van der Waals surface area contributed by atoms with Gasteiger partial charge in [-0.1, -0.05) is 6.07 Å².